The van der Waals surface area contributed by atoms with Gasteiger partial charge in [-0.2, -0.15) is 0 Å². The lowest BCUT2D eigenvalue weighted by Crippen LogP contribution is -2.18. The zero-order valence-corrected chi connectivity index (χ0v) is 13.4. The zero-order valence-electron chi connectivity index (χ0n) is 12.6. The van der Waals surface area contributed by atoms with Crippen molar-refractivity contribution in [3.8, 4) is 10.4 Å². The molecule has 1 nitrogen and oxygen atoms in total. The molecule has 1 N–H and O–H groups in total. The molecule has 0 aliphatic heterocycles. The minimum Gasteiger partial charge on any atom is -0.309 e. The predicted octanol–water partition coefficient (Wildman–Crippen LogP) is 5.63. The third-order valence-electron chi connectivity index (χ3n) is 3.81. The lowest BCUT2D eigenvalue weighted by molar-refractivity contribution is 0.578. The van der Waals surface area contributed by atoms with Crippen molar-refractivity contribution >= 4 is 22.1 Å². The van der Waals surface area contributed by atoms with E-state index in [0.29, 0.717) is 6.04 Å². The topological polar surface area (TPSA) is 12.0 Å². The highest BCUT2D eigenvalue weighted by atomic mass is 32.1. The van der Waals surface area contributed by atoms with Crippen molar-refractivity contribution < 1.29 is 0 Å². The van der Waals surface area contributed by atoms with E-state index in [-0.39, 0.29) is 0 Å². The Bertz CT molecular complexity index is 724. The highest BCUT2D eigenvalue weighted by molar-refractivity contribution is 7.15. The molecule has 1 atom stereocenters. The average molecular weight is 295 g/mol. The summed E-state index contributed by atoms with van der Waals surface area (Å²) < 4.78 is 0. The summed E-state index contributed by atoms with van der Waals surface area (Å²) in [4.78, 5) is 2.76. The summed E-state index contributed by atoms with van der Waals surface area (Å²) in [7, 11) is 0. The van der Waals surface area contributed by atoms with Gasteiger partial charge in [0, 0.05) is 15.8 Å². The van der Waals surface area contributed by atoms with E-state index in [4.69, 9.17) is 0 Å². The van der Waals surface area contributed by atoms with Crippen molar-refractivity contribution in [2.24, 2.45) is 0 Å². The van der Waals surface area contributed by atoms with Crippen LogP contribution in [0.1, 0.15) is 31.2 Å². The first-order valence-corrected chi connectivity index (χ1v) is 8.42. The van der Waals surface area contributed by atoms with Crippen molar-refractivity contribution in [3.05, 3.63) is 59.5 Å². The van der Waals surface area contributed by atoms with E-state index in [2.05, 4.69) is 73.8 Å². The van der Waals surface area contributed by atoms with Crippen LogP contribution in [0.2, 0.25) is 0 Å². The Kier molecular flexibility index (Phi) is 4.37. The number of benzene rings is 2. The van der Waals surface area contributed by atoms with Crippen LogP contribution in [0.4, 0.5) is 0 Å². The molecule has 0 aliphatic carbocycles. The number of hydrogen-bond acceptors (Lipinski definition) is 2. The molecule has 0 saturated heterocycles. The molecular formula is C19H21NS. The van der Waals surface area contributed by atoms with Gasteiger partial charge in [0.15, 0.2) is 0 Å². The van der Waals surface area contributed by atoms with E-state index in [9.17, 15) is 0 Å². The summed E-state index contributed by atoms with van der Waals surface area (Å²) in [6, 6.07) is 20.1. The summed E-state index contributed by atoms with van der Waals surface area (Å²) in [6.07, 6.45) is 1.17. The van der Waals surface area contributed by atoms with Crippen LogP contribution in [0.3, 0.4) is 0 Å². The fraction of sp³-hybridized carbons (Fsp3) is 0.263. The van der Waals surface area contributed by atoms with Crippen molar-refractivity contribution in [3.63, 3.8) is 0 Å². The molecule has 0 fully saturated rings. The standard InChI is InChI=1S/C19H21NS/c1-3-13-20-14(2)18-11-12-19(21-18)17-10-6-8-15-7-4-5-9-16(15)17/h4-12,14,20H,3,13H2,1-2H3. The van der Waals surface area contributed by atoms with Crippen LogP contribution in [0.5, 0.6) is 0 Å². The molecule has 0 spiro atoms. The van der Waals surface area contributed by atoms with Gasteiger partial charge in [-0.3, -0.25) is 0 Å². The van der Waals surface area contributed by atoms with Crippen molar-refractivity contribution in [1.82, 2.24) is 5.32 Å². The van der Waals surface area contributed by atoms with E-state index in [0.717, 1.165) is 6.54 Å². The van der Waals surface area contributed by atoms with E-state index >= 15 is 0 Å². The number of hydrogen-bond donors (Lipinski definition) is 1. The minimum atomic E-state index is 0.429. The van der Waals surface area contributed by atoms with E-state index < -0.39 is 0 Å². The monoisotopic (exact) mass is 295 g/mol. The molecule has 108 valence electrons. The zero-order chi connectivity index (χ0) is 14.7. The summed E-state index contributed by atoms with van der Waals surface area (Å²) >= 11 is 1.90. The third kappa shape index (κ3) is 3.02. The minimum absolute atomic E-state index is 0.429. The van der Waals surface area contributed by atoms with Crippen molar-refractivity contribution in [2.45, 2.75) is 26.3 Å². The van der Waals surface area contributed by atoms with Crippen LogP contribution in [-0.4, -0.2) is 6.54 Å². The predicted molar refractivity (Wildman–Crippen MR) is 94.0 cm³/mol. The first-order valence-electron chi connectivity index (χ1n) is 7.61. The van der Waals surface area contributed by atoms with Gasteiger partial charge >= 0.3 is 0 Å². The van der Waals surface area contributed by atoms with Gasteiger partial charge in [0.05, 0.1) is 0 Å². The quantitative estimate of drug-likeness (QED) is 0.643. The number of fused-ring (bicyclic) bond motifs is 1. The van der Waals surface area contributed by atoms with Crippen LogP contribution < -0.4 is 5.32 Å². The molecule has 0 radical (unpaired) electrons. The maximum absolute atomic E-state index is 3.56. The fourth-order valence-corrected chi connectivity index (χ4v) is 3.71. The third-order valence-corrected chi connectivity index (χ3v) is 5.11. The molecule has 3 aromatic rings. The maximum atomic E-state index is 3.56. The Hall–Kier alpha value is -1.64. The molecule has 0 aliphatic rings. The molecule has 1 aromatic heterocycles. The first-order chi connectivity index (χ1) is 10.3. The SMILES string of the molecule is CCCNC(C)c1ccc(-c2cccc3ccccc23)s1. The van der Waals surface area contributed by atoms with Crippen LogP contribution >= 0.6 is 11.3 Å². The molecular weight excluding hydrogens is 274 g/mol. The second-order valence-corrected chi connectivity index (χ2v) is 6.52. The Balaban J connectivity index is 1.95. The molecule has 2 aromatic carbocycles. The Morgan fingerprint density at radius 2 is 1.81 bits per heavy atom. The van der Waals surface area contributed by atoms with E-state index in [1.54, 1.807) is 0 Å². The van der Waals surface area contributed by atoms with Gasteiger partial charge in [-0.25, -0.2) is 0 Å². The lowest BCUT2D eigenvalue weighted by Gasteiger charge is -2.10. The largest absolute Gasteiger partial charge is 0.309 e. The molecule has 0 amide bonds. The highest BCUT2D eigenvalue weighted by Gasteiger charge is 2.10. The summed E-state index contributed by atoms with van der Waals surface area (Å²) in [5.41, 5.74) is 1.34. The molecule has 1 heterocycles. The van der Waals surface area contributed by atoms with Gasteiger partial charge in [-0.15, -0.1) is 11.3 Å². The van der Waals surface area contributed by atoms with Crippen LogP contribution in [0.25, 0.3) is 21.2 Å². The van der Waals surface area contributed by atoms with E-state index in [1.165, 1.54) is 32.5 Å². The molecule has 1 unspecified atom stereocenters. The molecule has 2 heteroatoms. The second kappa shape index (κ2) is 6.42. The van der Waals surface area contributed by atoms with Gasteiger partial charge in [0.2, 0.25) is 0 Å². The van der Waals surface area contributed by atoms with Gasteiger partial charge in [-0.1, -0.05) is 49.4 Å². The number of thiophene rings is 1. The molecule has 3 rings (SSSR count). The second-order valence-electron chi connectivity index (χ2n) is 5.40. The van der Waals surface area contributed by atoms with Crippen LogP contribution in [0.15, 0.2) is 54.6 Å². The Morgan fingerprint density at radius 3 is 2.67 bits per heavy atom. The Labute approximate surface area is 130 Å². The summed E-state index contributed by atoms with van der Waals surface area (Å²) in [6.45, 7) is 5.52. The summed E-state index contributed by atoms with van der Waals surface area (Å²) in [5, 5.41) is 6.20. The van der Waals surface area contributed by atoms with Crippen molar-refractivity contribution in [1.29, 1.82) is 0 Å². The summed E-state index contributed by atoms with van der Waals surface area (Å²) in [5.74, 6) is 0. The lowest BCUT2D eigenvalue weighted by atomic mass is 10.0. The smallest absolute Gasteiger partial charge is 0.0386 e. The van der Waals surface area contributed by atoms with E-state index in [1.807, 2.05) is 11.3 Å². The first kappa shape index (κ1) is 14.3. The maximum Gasteiger partial charge on any atom is 0.0386 e. The fourth-order valence-electron chi connectivity index (χ4n) is 2.63. The normalized spacial score (nSPS) is 12.7. The highest BCUT2D eigenvalue weighted by Crippen LogP contribution is 2.35. The number of nitrogens with one attached hydrogen (secondary N) is 1. The van der Waals surface area contributed by atoms with Gasteiger partial charge < -0.3 is 5.32 Å². The number of rotatable bonds is 5. The van der Waals surface area contributed by atoms with Crippen molar-refractivity contribution in [2.75, 3.05) is 6.54 Å². The van der Waals surface area contributed by atoms with Gasteiger partial charge in [0.1, 0.15) is 0 Å². The molecule has 21 heavy (non-hydrogen) atoms. The average Bonchev–Trinajstić information content (AvgIpc) is 3.02. The van der Waals surface area contributed by atoms with Gasteiger partial charge in [-0.05, 0) is 48.4 Å². The Morgan fingerprint density at radius 1 is 1.00 bits per heavy atom. The molecule has 0 saturated carbocycles. The van der Waals surface area contributed by atoms with Crippen LogP contribution in [0, 0.1) is 0 Å². The molecule has 0 bridgehead atoms. The van der Waals surface area contributed by atoms with Crippen LogP contribution in [-0.2, 0) is 0 Å². The van der Waals surface area contributed by atoms with Gasteiger partial charge in [0.25, 0.3) is 0 Å².